The van der Waals surface area contributed by atoms with E-state index in [9.17, 15) is 4.79 Å². The van der Waals surface area contributed by atoms with Crippen LogP contribution in [-0.4, -0.2) is 15.9 Å². The molecule has 2 heterocycles. The number of halogens is 1. The number of ether oxygens (including phenoxy) is 1. The zero-order chi connectivity index (χ0) is 17.2. The first kappa shape index (κ1) is 15.5. The van der Waals surface area contributed by atoms with Crippen LogP contribution in [0, 0.1) is 0 Å². The van der Waals surface area contributed by atoms with Crippen molar-refractivity contribution >= 4 is 33.0 Å². The van der Waals surface area contributed by atoms with Crippen molar-refractivity contribution in [3.8, 4) is 17.2 Å². The summed E-state index contributed by atoms with van der Waals surface area (Å²) in [5.74, 6) is 0.416. The molecule has 2 aromatic heterocycles. The molecule has 0 aliphatic heterocycles. The lowest BCUT2D eigenvalue weighted by atomic mass is 10.2. The maximum Gasteiger partial charge on any atom is 0.345 e. The van der Waals surface area contributed by atoms with Gasteiger partial charge < -0.3 is 9.15 Å². The van der Waals surface area contributed by atoms with Crippen molar-refractivity contribution < 1.29 is 13.9 Å². The van der Waals surface area contributed by atoms with E-state index in [0.29, 0.717) is 32.8 Å². The minimum absolute atomic E-state index is 0.358. The van der Waals surface area contributed by atoms with Crippen molar-refractivity contribution in [1.29, 1.82) is 0 Å². The Labute approximate surface area is 151 Å². The van der Waals surface area contributed by atoms with Gasteiger partial charge in [0.2, 0.25) is 5.89 Å². The Morgan fingerprint density at radius 1 is 1.04 bits per heavy atom. The third-order valence-corrected chi connectivity index (χ3v) is 3.97. The van der Waals surface area contributed by atoms with Crippen molar-refractivity contribution in [3.05, 3.63) is 77.0 Å². The molecular formula is C19H11BrN2O3. The number of nitrogens with zero attached hydrogens (tertiary/aromatic N) is 2. The van der Waals surface area contributed by atoms with E-state index in [1.807, 2.05) is 30.3 Å². The molecule has 0 aliphatic carbocycles. The molecule has 0 unspecified atom stereocenters. The van der Waals surface area contributed by atoms with E-state index in [1.165, 1.54) is 6.20 Å². The Bertz CT molecular complexity index is 1060. The van der Waals surface area contributed by atoms with Gasteiger partial charge in [-0.1, -0.05) is 18.2 Å². The summed E-state index contributed by atoms with van der Waals surface area (Å²) in [6.07, 6.45) is 3.05. The van der Waals surface area contributed by atoms with Crippen molar-refractivity contribution in [3.63, 3.8) is 0 Å². The van der Waals surface area contributed by atoms with Gasteiger partial charge in [-0.15, -0.1) is 0 Å². The second-order valence-corrected chi connectivity index (χ2v) is 6.21. The number of pyridine rings is 1. The van der Waals surface area contributed by atoms with Crippen LogP contribution in [0.25, 0.3) is 22.6 Å². The molecule has 0 fully saturated rings. The lowest BCUT2D eigenvalue weighted by Gasteiger charge is -2.03. The van der Waals surface area contributed by atoms with Crippen LogP contribution in [0.2, 0.25) is 0 Å². The highest BCUT2D eigenvalue weighted by molar-refractivity contribution is 9.10. The normalized spacial score (nSPS) is 10.8. The number of carbonyl (C=O) groups excluding carboxylic acids is 1. The van der Waals surface area contributed by atoms with E-state index < -0.39 is 5.97 Å². The van der Waals surface area contributed by atoms with Gasteiger partial charge in [0.25, 0.3) is 0 Å². The van der Waals surface area contributed by atoms with E-state index >= 15 is 0 Å². The van der Waals surface area contributed by atoms with Gasteiger partial charge in [-0.05, 0) is 46.3 Å². The molecule has 0 spiro atoms. The van der Waals surface area contributed by atoms with Crippen molar-refractivity contribution in [1.82, 2.24) is 9.97 Å². The van der Waals surface area contributed by atoms with E-state index in [0.717, 1.165) is 5.56 Å². The molecule has 0 saturated heterocycles. The fourth-order valence-electron chi connectivity index (χ4n) is 2.36. The monoisotopic (exact) mass is 394 g/mol. The molecule has 25 heavy (non-hydrogen) atoms. The Balaban J connectivity index is 1.62. The molecule has 4 aromatic rings. The van der Waals surface area contributed by atoms with Crippen molar-refractivity contribution in [2.24, 2.45) is 0 Å². The summed E-state index contributed by atoms with van der Waals surface area (Å²) in [4.78, 5) is 20.6. The average Bonchev–Trinajstić information content (AvgIpc) is 3.06. The topological polar surface area (TPSA) is 65.2 Å². The summed E-state index contributed by atoms with van der Waals surface area (Å²) in [6.45, 7) is 0. The van der Waals surface area contributed by atoms with Gasteiger partial charge in [0.05, 0.1) is 5.56 Å². The maximum atomic E-state index is 12.2. The molecule has 0 N–H and O–H groups in total. The van der Waals surface area contributed by atoms with E-state index in [4.69, 9.17) is 9.15 Å². The first-order valence-corrected chi connectivity index (χ1v) is 8.27. The Morgan fingerprint density at radius 3 is 2.68 bits per heavy atom. The highest BCUT2D eigenvalue weighted by Gasteiger charge is 2.13. The lowest BCUT2D eigenvalue weighted by molar-refractivity contribution is 0.0734. The molecule has 122 valence electrons. The Kier molecular flexibility index (Phi) is 4.03. The Hall–Kier alpha value is -2.99. The van der Waals surface area contributed by atoms with Crippen LogP contribution in [0.5, 0.6) is 5.75 Å². The summed E-state index contributed by atoms with van der Waals surface area (Å²) in [5.41, 5.74) is 2.49. The van der Waals surface area contributed by atoms with Crippen LogP contribution in [0.3, 0.4) is 0 Å². The number of fused-ring (bicyclic) bond motifs is 1. The van der Waals surface area contributed by atoms with Crippen molar-refractivity contribution in [2.45, 2.75) is 0 Å². The van der Waals surface area contributed by atoms with Gasteiger partial charge >= 0.3 is 5.97 Å². The fraction of sp³-hybridized carbons (Fsp3) is 0. The molecule has 0 atom stereocenters. The molecule has 4 rings (SSSR count). The van der Waals surface area contributed by atoms with Gasteiger partial charge in [-0.3, -0.25) is 4.98 Å². The highest BCUT2D eigenvalue weighted by Crippen LogP contribution is 2.27. The number of carbonyl (C=O) groups is 1. The number of benzene rings is 2. The summed E-state index contributed by atoms with van der Waals surface area (Å²) >= 11 is 3.28. The van der Waals surface area contributed by atoms with Crippen molar-refractivity contribution in [2.75, 3.05) is 0 Å². The molecule has 5 nitrogen and oxygen atoms in total. The van der Waals surface area contributed by atoms with Crippen LogP contribution in [0.4, 0.5) is 0 Å². The zero-order valence-electron chi connectivity index (χ0n) is 12.8. The van der Waals surface area contributed by atoms with Crippen LogP contribution in [-0.2, 0) is 0 Å². The molecule has 2 aromatic carbocycles. The highest BCUT2D eigenvalue weighted by atomic mass is 79.9. The first-order chi connectivity index (χ1) is 12.2. The lowest BCUT2D eigenvalue weighted by Crippen LogP contribution is -2.08. The minimum atomic E-state index is -0.490. The fourth-order valence-corrected chi connectivity index (χ4v) is 2.73. The summed E-state index contributed by atoms with van der Waals surface area (Å²) < 4.78 is 11.9. The molecular weight excluding hydrogens is 384 g/mol. The van der Waals surface area contributed by atoms with Gasteiger partial charge in [0.15, 0.2) is 5.58 Å². The first-order valence-electron chi connectivity index (χ1n) is 7.48. The Morgan fingerprint density at radius 2 is 1.88 bits per heavy atom. The average molecular weight is 395 g/mol. The van der Waals surface area contributed by atoms with E-state index in [-0.39, 0.29) is 0 Å². The smallest absolute Gasteiger partial charge is 0.345 e. The molecule has 0 bridgehead atoms. The quantitative estimate of drug-likeness (QED) is 0.366. The van der Waals surface area contributed by atoms with Gasteiger partial charge in [-0.25, -0.2) is 9.78 Å². The molecule has 0 saturated carbocycles. The maximum absolute atomic E-state index is 12.2. The SMILES string of the molecule is O=C(Oc1ccc2nc(-c3ccccc3)oc2c1)c1cncc(Br)c1. The van der Waals surface area contributed by atoms with Crippen LogP contribution in [0.1, 0.15) is 10.4 Å². The van der Waals surface area contributed by atoms with Gasteiger partial charge in [-0.2, -0.15) is 0 Å². The second-order valence-electron chi connectivity index (χ2n) is 5.30. The zero-order valence-corrected chi connectivity index (χ0v) is 14.4. The molecule has 0 radical (unpaired) electrons. The predicted molar refractivity (Wildman–Crippen MR) is 96.3 cm³/mol. The van der Waals surface area contributed by atoms with Gasteiger partial charge in [0.1, 0.15) is 11.3 Å². The van der Waals surface area contributed by atoms with Crippen LogP contribution >= 0.6 is 15.9 Å². The summed E-state index contributed by atoms with van der Waals surface area (Å²) in [5, 5.41) is 0. The molecule has 6 heteroatoms. The van der Waals surface area contributed by atoms with Gasteiger partial charge in [0, 0.05) is 28.5 Å². The third-order valence-electron chi connectivity index (χ3n) is 3.53. The predicted octanol–water partition coefficient (Wildman–Crippen LogP) is 4.87. The third kappa shape index (κ3) is 3.29. The van der Waals surface area contributed by atoms with Crippen LogP contribution < -0.4 is 4.74 Å². The second kappa shape index (κ2) is 6.49. The standard InChI is InChI=1S/C19H11BrN2O3/c20-14-8-13(10-21-11-14)19(23)24-15-6-7-16-17(9-15)25-18(22-16)12-4-2-1-3-5-12/h1-11H. The molecule has 0 amide bonds. The summed E-state index contributed by atoms with van der Waals surface area (Å²) in [6, 6.07) is 16.4. The minimum Gasteiger partial charge on any atom is -0.436 e. The van der Waals surface area contributed by atoms with E-state index in [1.54, 1.807) is 30.5 Å². The number of hydrogen-bond acceptors (Lipinski definition) is 5. The van der Waals surface area contributed by atoms with Crippen LogP contribution in [0.15, 0.2) is 75.9 Å². The summed E-state index contributed by atoms with van der Waals surface area (Å²) in [7, 11) is 0. The largest absolute Gasteiger partial charge is 0.436 e. The number of hydrogen-bond donors (Lipinski definition) is 0. The molecule has 0 aliphatic rings. The number of oxazole rings is 1. The number of aromatic nitrogens is 2. The van der Waals surface area contributed by atoms with E-state index in [2.05, 4.69) is 25.9 Å². The number of rotatable bonds is 3. The number of esters is 1.